The van der Waals surface area contributed by atoms with Crippen molar-refractivity contribution in [3.05, 3.63) is 0 Å². The molecule has 0 aromatic carbocycles. The lowest BCUT2D eigenvalue weighted by Crippen LogP contribution is -2.65. The van der Waals surface area contributed by atoms with Crippen molar-refractivity contribution in [1.82, 2.24) is 4.90 Å². The first-order valence-corrected chi connectivity index (χ1v) is 5.29. The Morgan fingerprint density at radius 3 is 2.57 bits per heavy atom. The van der Waals surface area contributed by atoms with Crippen molar-refractivity contribution in [3.8, 4) is 0 Å². The molecule has 1 aliphatic heterocycles. The van der Waals surface area contributed by atoms with Crippen molar-refractivity contribution < 1.29 is 9.90 Å². The van der Waals surface area contributed by atoms with E-state index in [1.165, 1.54) is 0 Å². The van der Waals surface area contributed by atoms with Gasteiger partial charge in [-0.2, -0.15) is 0 Å². The van der Waals surface area contributed by atoms with Gasteiger partial charge in [-0.3, -0.25) is 4.79 Å². The summed E-state index contributed by atoms with van der Waals surface area (Å²) in [5.41, 5.74) is 4.98. The number of carbonyl (C=O) groups is 1. The van der Waals surface area contributed by atoms with E-state index in [9.17, 15) is 9.90 Å². The van der Waals surface area contributed by atoms with Gasteiger partial charge in [0.25, 0.3) is 0 Å². The monoisotopic (exact) mass is 200 g/mol. The zero-order valence-corrected chi connectivity index (χ0v) is 8.99. The van der Waals surface area contributed by atoms with Gasteiger partial charge in [0.1, 0.15) is 0 Å². The number of nitrogens with two attached hydrogens (primary N) is 1. The lowest BCUT2D eigenvalue weighted by atomic mass is 9.88. The Bertz CT molecular complexity index is 212. The summed E-state index contributed by atoms with van der Waals surface area (Å²) >= 11 is 0. The summed E-state index contributed by atoms with van der Waals surface area (Å²) in [4.78, 5) is 13.2. The van der Waals surface area contributed by atoms with Crippen LogP contribution in [-0.4, -0.2) is 40.6 Å². The first-order chi connectivity index (χ1) is 6.52. The minimum Gasteiger partial charge on any atom is -0.386 e. The predicted octanol–water partition coefficient (Wildman–Crippen LogP) is 0.0971. The summed E-state index contributed by atoms with van der Waals surface area (Å²) in [5, 5.41) is 9.85. The SMILES string of the molecule is CCCC1(O)CN(C(=O)C(N)CC)C1. The van der Waals surface area contributed by atoms with Gasteiger partial charge in [0.15, 0.2) is 0 Å². The number of hydrogen-bond donors (Lipinski definition) is 2. The van der Waals surface area contributed by atoms with Gasteiger partial charge in [-0.25, -0.2) is 0 Å². The van der Waals surface area contributed by atoms with Crippen molar-refractivity contribution in [3.63, 3.8) is 0 Å². The second-order valence-corrected chi connectivity index (χ2v) is 4.18. The molecule has 0 aliphatic carbocycles. The molecule has 14 heavy (non-hydrogen) atoms. The third-order valence-electron chi connectivity index (χ3n) is 2.75. The van der Waals surface area contributed by atoms with Gasteiger partial charge < -0.3 is 15.7 Å². The molecule has 0 radical (unpaired) electrons. The van der Waals surface area contributed by atoms with Crippen molar-refractivity contribution in [1.29, 1.82) is 0 Å². The molecular formula is C10H20N2O2. The highest BCUT2D eigenvalue weighted by molar-refractivity contribution is 5.82. The van der Waals surface area contributed by atoms with Crippen molar-refractivity contribution >= 4 is 5.91 Å². The van der Waals surface area contributed by atoms with E-state index in [0.717, 1.165) is 12.8 Å². The maximum absolute atomic E-state index is 11.5. The molecule has 0 saturated carbocycles. The molecule has 1 rings (SSSR count). The first kappa shape index (κ1) is 11.5. The zero-order valence-electron chi connectivity index (χ0n) is 8.99. The molecule has 82 valence electrons. The van der Waals surface area contributed by atoms with Crippen LogP contribution < -0.4 is 5.73 Å². The molecule has 0 spiro atoms. The van der Waals surface area contributed by atoms with Crippen molar-refractivity contribution in [2.45, 2.75) is 44.8 Å². The molecule has 1 unspecified atom stereocenters. The van der Waals surface area contributed by atoms with Crippen molar-refractivity contribution in [2.75, 3.05) is 13.1 Å². The van der Waals surface area contributed by atoms with Crippen LogP contribution in [0.2, 0.25) is 0 Å². The number of amides is 1. The minimum absolute atomic E-state index is 0.0340. The Morgan fingerprint density at radius 1 is 1.57 bits per heavy atom. The summed E-state index contributed by atoms with van der Waals surface area (Å²) in [5.74, 6) is -0.0340. The van der Waals surface area contributed by atoms with Crippen LogP contribution in [0.1, 0.15) is 33.1 Å². The Labute approximate surface area is 85.1 Å². The topological polar surface area (TPSA) is 66.6 Å². The Hall–Kier alpha value is -0.610. The predicted molar refractivity (Wildman–Crippen MR) is 54.7 cm³/mol. The van der Waals surface area contributed by atoms with E-state index in [4.69, 9.17) is 5.73 Å². The highest BCUT2D eigenvalue weighted by Crippen LogP contribution is 2.26. The summed E-state index contributed by atoms with van der Waals surface area (Å²) in [6.07, 6.45) is 2.36. The highest BCUT2D eigenvalue weighted by atomic mass is 16.3. The quantitative estimate of drug-likeness (QED) is 0.676. The molecule has 3 N–H and O–H groups in total. The second kappa shape index (κ2) is 4.28. The number of hydrogen-bond acceptors (Lipinski definition) is 3. The molecule has 0 bridgehead atoms. The molecule has 4 heteroatoms. The number of aliphatic hydroxyl groups is 1. The third-order valence-corrected chi connectivity index (χ3v) is 2.75. The highest BCUT2D eigenvalue weighted by Gasteiger charge is 2.43. The fraction of sp³-hybridized carbons (Fsp3) is 0.900. The van der Waals surface area contributed by atoms with Gasteiger partial charge in [0.05, 0.1) is 24.7 Å². The molecular weight excluding hydrogens is 180 g/mol. The Morgan fingerprint density at radius 2 is 2.14 bits per heavy atom. The van der Waals surface area contributed by atoms with E-state index >= 15 is 0 Å². The van der Waals surface area contributed by atoms with Gasteiger partial charge in [-0.15, -0.1) is 0 Å². The standard InChI is InChI=1S/C10H20N2O2/c1-3-5-10(14)6-12(7-10)9(13)8(11)4-2/h8,14H,3-7,11H2,1-2H3. The minimum atomic E-state index is -0.641. The van der Waals surface area contributed by atoms with E-state index in [1.54, 1.807) is 4.90 Å². The largest absolute Gasteiger partial charge is 0.386 e. The van der Waals surface area contributed by atoms with Crippen LogP contribution in [0, 0.1) is 0 Å². The van der Waals surface area contributed by atoms with Crippen molar-refractivity contribution in [2.24, 2.45) is 5.73 Å². The number of carbonyl (C=O) groups excluding carboxylic acids is 1. The summed E-state index contributed by atoms with van der Waals surface area (Å²) in [6, 6.07) is -0.402. The van der Waals surface area contributed by atoms with Crippen LogP contribution in [0.3, 0.4) is 0 Å². The van der Waals surface area contributed by atoms with Gasteiger partial charge in [-0.05, 0) is 12.8 Å². The number of β-amino-alcohol motifs (C(OH)–C–C–N with tert-alkyl or cyclic N) is 1. The normalized spacial score (nSPS) is 21.6. The van der Waals surface area contributed by atoms with Crippen LogP contribution in [0.4, 0.5) is 0 Å². The molecule has 1 saturated heterocycles. The van der Waals surface area contributed by atoms with E-state index in [-0.39, 0.29) is 5.91 Å². The molecule has 0 aromatic heterocycles. The van der Waals surface area contributed by atoms with Gasteiger partial charge >= 0.3 is 0 Å². The molecule has 0 aromatic rings. The fourth-order valence-electron chi connectivity index (χ4n) is 1.85. The average molecular weight is 200 g/mol. The number of likely N-dealkylation sites (tertiary alicyclic amines) is 1. The first-order valence-electron chi connectivity index (χ1n) is 5.29. The van der Waals surface area contributed by atoms with Crippen LogP contribution >= 0.6 is 0 Å². The van der Waals surface area contributed by atoms with E-state index in [1.807, 2.05) is 13.8 Å². The van der Waals surface area contributed by atoms with E-state index < -0.39 is 11.6 Å². The summed E-state index contributed by atoms with van der Waals surface area (Å²) < 4.78 is 0. The average Bonchev–Trinajstić information content (AvgIpc) is 2.12. The van der Waals surface area contributed by atoms with Crippen LogP contribution in [-0.2, 0) is 4.79 Å². The molecule has 1 amide bonds. The lowest BCUT2D eigenvalue weighted by molar-refractivity contribution is -0.157. The van der Waals surface area contributed by atoms with Gasteiger partial charge in [0, 0.05) is 0 Å². The summed E-state index contributed by atoms with van der Waals surface area (Å²) in [7, 11) is 0. The Balaban J connectivity index is 2.37. The van der Waals surface area contributed by atoms with Gasteiger partial charge in [0.2, 0.25) is 5.91 Å². The van der Waals surface area contributed by atoms with Crippen LogP contribution in [0.5, 0.6) is 0 Å². The molecule has 1 heterocycles. The van der Waals surface area contributed by atoms with Crippen LogP contribution in [0.25, 0.3) is 0 Å². The van der Waals surface area contributed by atoms with Gasteiger partial charge in [-0.1, -0.05) is 20.3 Å². The fourth-order valence-corrected chi connectivity index (χ4v) is 1.85. The molecule has 1 aliphatic rings. The summed E-state index contributed by atoms with van der Waals surface area (Å²) in [6.45, 7) is 4.82. The lowest BCUT2D eigenvalue weighted by Gasteiger charge is -2.47. The van der Waals surface area contributed by atoms with E-state index in [2.05, 4.69) is 0 Å². The molecule has 1 fully saturated rings. The second-order valence-electron chi connectivity index (χ2n) is 4.18. The smallest absolute Gasteiger partial charge is 0.239 e. The third kappa shape index (κ3) is 2.25. The zero-order chi connectivity index (χ0) is 10.8. The maximum Gasteiger partial charge on any atom is 0.239 e. The number of rotatable bonds is 4. The van der Waals surface area contributed by atoms with Crippen LogP contribution in [0.15, 0.2) is 0 Å². The number of nitrogens with zero attached hydrogens (tertiary/aromatic N) is 1. The Kier molecular flexibility index (Phi) is 3.50. The molecule has 1 atom stereocenters. The molecule has 4 nitrogen and oxygen atoms in total. The maximum atomic E-state index is 11.5. The van der Waals surface area contributed by atoms with E-state index in [0.29, 0.717) is 19.5 Å².